The normalized spacial score (nSPS) is 19.2. The summed E-state index contributed by atoms with van der Waals surface area (Å²) in [5.74, 6) is 5.18. The van der Waals surface area contributed by atoms with Crippen LogP contribution in [0.25, 0.3) is 10.9 Å². The maximum atomic E-state index is 15.3. The Labute approximate surface area is 198 Å². The van der Waals surface area contributed by atoms with Crippen LogP contribution in [0, 0.1) is 23.7 Å². The Kier molecular flexibility index (Phi) is 7.65. The summed E-state index contributed by atoms with van der Waals surface area (Å²) in [4.78, 5) is 26.4. The molecular formula is C26H27FN4O3. The van der Waals surface area contributed by atoms with Crippen molar-refractivity contribution < 1.29 is 19.0 Å². The summed E-state index contributed by atoms with van der Waals surface area (Å²) in [7, 11) is 1.57. The number of aliphatic carboxylic acids is 1. The van der Waals surface area contributed by atoms with Gasteiger partial charge in [-0.25, -0.2) is 9.37 Å². The number of rotatable bonds is 7. The number of methoxy groups -OCH3 is 1. The van der Waals surface area contributed by atoms with Crippen LogP contribution in [0.3, 0.4) is 0 Å². The first-order chi connectivity index (χ1) is 16.5. The van der Waals surface area contributed by atoms with Gasteiger partial charge in [0.1, 0.15) is 17.6 Å². The Morgan fingerprint density at radius 1 is 1.29 bits per heavy atom. The molecule has 8 heteroatoms. The molecule has 0 aliphatic carbocycles. The first-order valence-electron chi connectivity index (χ1n) is 11.3. The van der Waals surface area contributed by atoms with E-state index in [2.05, 4.69) is 26.8 Å². The van der Waals surface area contributed by atoms with Gasteiger partial charge in [0.05, 0.1) is 31.3 Å². The van der Waals surface area contributed by atoms with E-state index in [0.717, 1.165) is 11.9 Å². The number of carbonyl (C=O) groups is 1. The summed E-state index contributed by atoms with van der Waals surface area (Å²) in [5, 5.41) is 10.5. The summed E-state index contributed by atoms with van der Waals surface area (Å²) in [6.07, 6.45) is 6.63. The molecule has 3 heterocycles. The van der Waals surface area contributed by atoms with Gasteiger partial charge in [-0.05, 0) is 67.5 Å². The lowest BCUT2D eigenvalue weighted by atomic mass is 9.81. The van der Waals surface area contributed by atoms with E-state index in [4.69, 9.17) is 4.74 Å². The molecule has 1 aliphatic rings. The monoisotopic (exact) mass is 462 g/mol. The highest BCUT2D eigenvalue weighted by molar-refractivity contribution is 5.83. The van der Waals surface area contributed by atoms with E-state index >= 15 is 4.39 Å². The molecule has 3 aromatic rings. The number of nitrogens with zero attached hydrogens (tertiary/aromatic N) is 4. The highest BCUT2D eigenvalue weighted by atomic mass is 19.1. The van der Waals surface area contributed by atoms with Gasteiger partial charge in [-0.1, -0.05) is 5.92 Å². The topological polar surface area (TPSA) is 88.4 Å². The second-order valence-corrected chi connectivity index (χ2v) is 8.45. The number of carboxylic acid groups (broad SMARTS) is 1. The van der Waals surface area contributed by atoms with Crippen molar-refractivity contribution in [2.45, 2.75) is 25.4 Å². The minimum absolute atomic E-state index is 0.0809. The van der Waals surface area contributed by atoms with Crippen LogP contribution in [0.2, 0.25) is 0 Å². The van der Waals surface area contributed by atoms with Crippen LogP contribution in [0.4, 0.5) is 4.39 Å². The van der Waals surface area contributed by atoms with Gasteiger partial charge in [-0.2, -0.15) is 0 Å². The third-order valence-corrected chi connectivity index (χ3v) is 6.35. The Morgan fingerprint density at radius 2 is 2.18 bits per heavy atom. The molecule has 0 radical (unpaired) electrons. The molecular weight excluding hydrogens is 435 g/mol. The maximum Gasteiger partial charge on any atom is 0.308 e. The van der Waals surface area contributed by atoms with Gasteiger partial charge in [0.25, 0.3) is 0 Å². The number of likely N-dealkylation sites (tertiary alicyclic amines) is 1. The zero-order valence-electron chi connectivity index (χ0n) is 19.0. The molecule has 1 saturated heterocycles. The number of ether oxygens (including phenoxy) is 1. The number of carboxylic acids is 1. The zero-order valence-corrected chi connectivity index (χ0v) is 19.0. The molecule has 0 amide bonds. The van der Waals surface area contributed by atoms with Crippen LogP contribution in [-0.2, 0) is 4.79 Å². The molecule has 1 aromatic carbocycles. The molecule has 0 saturated carbocycles. The van der Waals surface area contributed by atoms with E-state index in [1.165, 1.54) is 0 Å². The number of benzene rings is 1. The number of halogens is 1. The van der Waals surface area contributed by atoms with Crippen LogP contribution in [0.5, 0.6) is 5.75 Å². The fourth-order valence-electron chi connectivity index (χ4n) is 4.51. The Hall–Kier alpha value is -3.57. The van der Waals surface area contributed by atoms with Gasteiger partial charge in [0.2, 0.25) is 0 Å². The third kappa shape index (κ3) is 5.67. The predicted octanol–water partition coefficient (Wildman–Crippen LogP) is 3.90. The van der Waals surface area contributed by atoms with Crippen LogP contribution < -0.4 is 4.74 Å². The summed E-state index contributed by atoms with van der Waals surface area (Å²) in [5.41, 5.74) is 1.86. The average Bonchev–Trinajstić information content (AvgIpc) is 2.87. The third-order valence-electron chi connectivity index (χ3n) is 6.35. The molecule has 34 heavy (non-hydrogen) atoms. The highest BCUT2D eigenvalue weighted by Gasteiger charge is 2.34. The minimum atomic E-state index is -1.21. The van der Waals surface area contributed by atoms with Crippen molar-refractivity contribution in [3.8, 4) is 17.6 Å². The summed E-state index contributed by atoms with van der Waals surface area (Å²) >= 11 is 0. The maximum absolute atomic E-state index is 15.3. The quantitative estimate of drug-likeness (QED) is 0.533. The number of fused-ring (bicyclic) bond motifs is 1. The zero-order chi connectivity index (χ0) is 23.9. The van der Waals surface area contributed by atoms with Crippen molar-refractivity contribution in [1.82, 2.24) is 19.9 Å². The van der Waals surface area contributed by atoms with Gasteiger partial charge in [-0.3, -0.25) is 19.7 Å². The molecule has 2 aromatic heterocycles. The van der Waals surface area contributed by atoms with Gasteiger partial charge in [0.15, 0.2) is 0 Å². The van der Waals surface area contributed by atoms with Crippen LogP contribution in [-0.4, -0.2) is 57.7 Å². The van der Waals surface area contributed by atoms with Crippen molar-refractivity contribution in [2.24, 2.45) is 11.8 Å². The van der Waals surface area contributed by atoms with Crippen molar-refractivity contribution in [2.75, 3.05) is 26.7 Å². The standard InChI is InChI=1S/C26H27FN4O3/c1-34-20-5-7-25-22(15-20)21(8-10-30-25)24(27)6-4-18-9-14-31(17-23(18)26(32)33)13-2-3-19-16-28-11-12-29-19/h5,7-8,10-12,15-16,18,23-24H,4,6,9,13-14,17H2,1H3,(H,32,33)/t18-,23+,24-/m1/s1. The van der Waals surface area contributed by atoms with Gasteiger partial charge in [-0.15, -0.1) is 0 Å². The Bertz CT molecular complexity index is 1190. The SMILES string of the molecule is COc1ccc2nccc([C@H](F)CC[C@@H]3CCN(CC#Cc4cnccn4)C[C@@H]3C(=O)O)c2c1. The molecule has 4 rings (SSSR count). The molecule has 0 bridgehead atoms. The van der Waals surface area contributed by atoms with E-state index in [1.807, 2.05) is 11.0 Å². The van der Waals surface area contributed by atoms with Crippen molar-refractivity contribution in [3.05, 3.63) is 60.3 Å². The molecule has 1 N–H and O–H groups in total. The summed E-state index contributed by atoms with van der Waals surface area (Å²) in [6, 6.07) is 7.10. The largest absolute Gasteiger partial charge is 0.497 e. The van der Waals surface area contributed by atoms with E-state index in [0.29, 0.717) is 48.5 Å². The van der Waals surface area contributed by atoms with Crippen molar-refractivity contribution >= 4 is 16.9 Å². The average molecular weight is 463 g/mol. The second-order valence-electron chi connectivity index (χ2n) is 8.45. The van der Waals surface area contributed by atoms with Crippen LogP contribution in [0.1, 0.15) is 36.7 Å². The molecule has 1 fully saturated rings. The summed E-state index contributed by atoms with van der Waals surface area (Å²) in [6.45, 7) is 1.60. The second kappa shape index (κ2) is 11.0. The molecule has 1 aliphatic heterocycles. The van der Waals surface area contributed by atoms with E-state index in [-0.39, 0.29) is 12.3 Å². The van der Waals surface area contributed by atoms with Gasteiger partial charge >= 0.3 is 5.97 Å². The highest BCUT2D eigenvalue weighted by Crippen LogP contribution is 2.35. The Morgan fingerprint density at radius 3 is 2.94 bits per heavy atom. The van der Waals surface area contributed by atoms with Gasteiger partial charge < -0.3 is 9.84 Å². The molecule has 0 spiro atoms. The molecule has 3 atom stereocenters. The lowest BCUT2D eigenvalue weighted by molar-refractivity contribution is -0.146. The number of pyridine rings is 1. The first-order valence-corrected chi connectivity index (χ1v) is 11.3. The predicted molar refractivity (Wildman–Crippen MR) is 126 cm³/mol. The Balaban J connectivity index is 1.38. The van der Waals surface area contributed by atoms with E-state index in [9.17, 15) is 9.90 Å². The molecule has 7 nitrogen and oxygen atoms in total. The smallest absolute Gasteiger partial charge is 0.308 e. The number of aromatic nitrogens is 3. The van der Waals surface area contributed by atoms with Gasteiger partial charge in [0, 0.05) is 30.5 Å². The number of alkyl halides is 1. The number of hydrogen-bond acceptors (Lipinski definition) is 6. The number of piperidine rings is 1. The fraction of sp³-hybridized carbons (Fsp3) is 0.385. The molecule has 176 valence electrons. The fourth-order valence-corrected chi connectivity index (χ4v) is 4.51. The number of hydrogen-bond donors (Lipinski definition) is 1. The van der Waals surface area contributed by atoms with Crippen molar-refractivity contribution in [3.63, 3.8) is 0 Å². The van der Waals surface area contributed by atoms with Crippen LogP contribution in [0.15, 0.2) is 49.1 Å². The van der Waals surface area contributed by atoms with Crippen LogP contribution >= 0.6 is 0 Å². The summed E-state index contributed by atoms with van der Waals surface area (Å²) < 4.78 is 20.6. The molecule has 0 unspecified atom stereocenters. The lowest BCUT2D eigenvalue weighted by Crippen LogP contribution is -2.44. The minimum Gasteiger partial charge on any atom is -0.497 e. The van der Waals surface area contributed by atoms with E-state index in [1.54, 1.807) is 50.1 Å². The van der Waals surface area contributed by atoms with Crippen molar-refractivity contribution in [1.29, 1.82) is 0 Å². The first kappa shape index (κ1) is 23.6. The lowest BCUT2D eigenvalue weighted by Gasteiger charge is -2.35. The van der Waals surface area contributed by atoms with E-state index < -0.39 is 18.1 Å².